The molecular weight excluding hydrogens is 268 g/mol. The number of aromatic nitrogens is 2. The van der Waals surface area contributed by atoms with Crippen LogP contribution in [-0.2, 0) is 16.1 Å². The Kier molecular flexibility index (Phi) is 6.20. The summed E-state index contributed by atoms with van der Waals surface area (Å²) in [6.45, 7) is 6.39. The largest absolute Gasteiger partial charge is 0.383 e. The topological polar surface area (TPSA) is 59.4 Å². The fraction of sp³-hybridized carbons (Fsp3) is 0.733. The molecule has 118 valence electrons. The molecule has 1 N–H and O–H groups in total. The fourth-order valence-electron chi connectivity index (χ4n) is 2.64. The Balaban J connectivity index is 1.69. The highest BCUT2D eigenvalue weighted by Gasteiger charge is 2.22. The van der Waals surface area contributed by atoms with E-state index in [1.807, 2.05) is 19.2 Å². The van der Waals surface area contributed by atoms with E-state index in [1.165, 1.54) is 0 Å². The molecule has 0 spiro atoms. The highest BCUT2D eigenvalue weighted by atomic mass is 16.5. The van der Waals surface area contributed by atoms with Gasteiger partial charge in [-0.1, -0.05) is 6.92 Å². The third-order valence-corrected chi connectivity index (χ3v) is 4.01. The van der Waals surface area contributed by atoms with Crippen molar-refractivity contribution in [3.8, 4) is 0 Å². The number of carbonyl (C=O) groups is 1. The van der Waals surface area contributed by atoms with E-state index >= 15 is 0 Å². The van der Waals surface area contributed by atoms with Crippen LogP contribution < -0.4 is 5.32 Å². The molecule has 6 heteroatoms. The number of nitrogens with one attached hydrogen (secondary N) is 1. The minimum absolute atomic E-state index is 0.0589. The maximum Gasteiger partial charge on any atom is 0.224 e. The van der Waals surface area contributed by atoms with Crippen LogP contribution in [0.5, 0.6) is 0 Å². The van der Waals surface area contributed by atoms with Crippen LogP contribution in [0.4, 0.5) is 0 Å². The molecule has 21 heavy (non-hydrogen) atoms. The molecule has 0 aliphatic carbocycles. The summed E-state index contributed by atoms with van der Waals surface area (Å²) in [5.74, 6) is 0.0669. The first-order valence-corrected chi connectivity index (χ1v) is 7.68. The molecule has 6 nitrogen and oxygen atoms in total. The highest BCUT2D eigenvalue weighted by Crippen LogP contribution is 2.11. The van der Waals surface area contributed by atoms with Gasteiger partial charge in [-0.05, 0) is 18.9 Å². The molecule has 2 heterocycles. The first-order chi connectivity index (χ1) is 10.2. The summed E-state index contributed by atoms with van der Waals surface area (Å²) < 4.78 is 6.90. The van der Waals surface area contributed by atoms with E-state index in [4.69, 9.17) is 4.74 Å². The minimum Gasteiger partial charge on any atom is -0.383 e. The second-order valence-electron chi connectivity index (χ2n) is 5.75. The molecular formula is C15H26N4O2. The normalized spacial score (nSPS) is 18.6. The second kappa shape index (κ2) is 8.14. The molecule has 1 aliphatic heterocycles. The number of ether oxygens (including phenoxy) is 1. The summed E-state index contributed by atoms with van der Waals surface area (Å²) in [5.41, 5.74) is 0. The van der Waals surface area contributed by atoms with Crippen molar-refractivity contribution in [1.82, 2.24) is 20.0 Å². The number of nitrogens with zero attached hydrogens (tertiary/aromatic N) is 3. The van der Waals surface area contributed by atoms with Crippen LogP contribution in [0, 0.1) is 5.92 Å². The number of hydrogen-bond acceptors (Lipinski definition) is 4. The number of likely N-dealkylation sites (tertiary alicyclic amines) is 1. The molecule has 1 amide bonds. The van der Waals surface area contributed by atoms with Gasteiger partial charge in [0.2, 0.25) is 5.91 Å². The van der Waals surface area contributed by atoms with Gasteiger partial charge in [-0.15, -0.1) is 0 Å². The lowest BCUT2D eigenvalue weighted by Gasteiger charge is -2.32. The molecule has 0 radical (unpaired) electrons. The zero-order valence-corrected chi connectivity index (χ0v) is 13.0. The van der Waals surface area contributed by atoms with Gasteiger partial charge in [0.15, 0.2) is 0 Å². The average molecular weight is 294 g/mol. The Morgan fingerprint density at radius 1 is 1.48 bits per heavy atom. The van der Waals surface area contributed by atoms with Crippen molar-refractivity contribution in [2.45, 2.75) is 32.4 Å². The van der Waals surface area contributed by atoms with Gasteiger partial charge in [0.25, 0.3) is 0 Å². The van der Waals surface area contributed by atoms with Crippen molar-refractivity contribution < 1.29 is 9.53 Å². The zero-order chi connectivity index (χ0) is 15.1. The molecule has 1 aliphatic rings. The Bertz CT molecular complexity index is 413. The highest BCUT2D eigenvalue weighted by molar-refractivity contribution is 5.78. The van der Waals surface area contributed by atoms with Gasteiger partial charge < -0.3 is 15.0 Å². The number of amides is 1. The van der Waals surface area contributed by atoms with Crippen molar-refractivity contribution in [2.75, 3.05) is 33.4 Å². The maximum absolute atomic E-state index is 12.2. The summed E-state index contributed by atoms with van der Waals surface area (Å²) in [4.78, 5) is 14.6. The molecule has 1 aromatic heterocycles. The van der Waals surface area contributed by atoms with E-state index in [0.717, 1.165) is 39.1 Å². The van der Waals surface area contributed by atoms with E-state index in [-0.39, 0.29) is 11.8 Å². The molecule has 1 fully saturated rings. The SMILES string of the molecule is COCCN1CCC(NC(=O)[C@@H](C)Cn2cccn2)CC1. The second-order valence-corrected chi connectivity index (χ2v) is 5.75. The third-order valence-electron chi connectivity index (χ3n) is 4.01. The van der Waals surface area contributed by atoms with Gasteiger partial charge in [-0.2, -0.15) is 5.10 Å². The van der Waals surface area contributed by atoms with Gasteiger partial charge in [0, 0.05) is 45.2 Å². The Morgan fingerprint density at radius 2 is 2.24 bits per heavy atom. The first-order valence-electron chi connectivity index (χ1n) is 7.68. The number of hydrogen-bond donors (Lipinski definition) is 1. The summed E-state index contributed by atoms with van der Waals surface area (Å²) in [7, 11) is 1.73. The average Bonchev–Trinajstić information content (AvgIpc) is 2.99. The van der Waals surface area contributed by atoms with Gasteiger partial charge in [0.1, 0.15) is 0 Å². The Labute approximate surface area is 126 Å². The molecule has 1 saturated heterocycles. The lowest BCUT2D eigenvalue weighted by Crippen LogP contribution is -2.47. The summed E-state index contributed by atoms with van der Waals surface area (Å²) in [6.07, 6.45) is 5.66. The number of piperidine rings is 1. The zero-order valence-electron chi connectivity index (χ0n) is 13.0. The predicted octanol–water partition coefficient (Wildman–Crippen LogP) is 0.746. The van der Waals surface area contributed by atoms with Gasteiger partial charge >= 0.3 is 0 Å². The number of methoxy groups -OCH3 is 1. The summed E-state index contributed by atoms with van der Waals surface area (Å²) >= 11 is 0. The van der Waals surface area contributed by atoms with E-state index in [0.29, 0.717) is 12.6 Å². The molecule has 1 aromatic rings. The number of carbonyl (C=O) groups excluding carboxylic acids is 1. The predicted molar refractivity (Wildman–Crippen MR) is 80.9 cm³/mol. The van der Waals surface area contributed by atoms with Crippen molar-refractivity contribution in [1.29, 1.82) is 0 Å². The van der Waals surface area contributed by atoms with Gasteiger partial charge in [-0.3, -0.25) is 9.48 Å². The first kappa shape index (κ1) is 16.0. The Hall–Kier alpha value is -1.40. The quantitative estimate of drug-likeness (QED) is 0.806. The van der Waals surface area contributed by atoms with Crippen LogP contribution in [-0.4, -0.2) is 60.0 Å². The van der Waals surface area contributed by atoms with E-state index in [2.05, 4.69) is 15.3 Å². The van der Waals surface area contributed by atoms with Crippen LogP contribution in [0.15, 0.2) is 18.5 Å². The molecule has 1 atom stereocenters. The monoisotopic (exact) mass is 294 g/mol. The van der Waals surface area contributed by atoms with Crippen LogP contribution >= 0.6 is 0 Å². The summed E-state index contributed by atoms with van der Waals surface area (Å²) in [6, 6.07) is 2.18. The fourth-order valence-corrected chi connectivity index (χ4v) is 2.64. The van der Waals surface area contributed by atoms with Crippen LogP contribution in [0.2, 0.25) is 0 Å². The smallest absolute Gasteiger partial charge is 0.224 e. The van der Waals surface area contributed by atoms with Crippen molar-refractivity contribution in [2.24, 2.45) is 5.92 Å². The van der Waals surface area contributed by atoms with Gasteiger partial charge in [0.05, 0.1) is 19.1 Å². The van der Waals surface area contributed by atoms with Crippen molar-refractivity contribution in [3.05, 3.63) is 18.5 Å². The van der Waals surface area contributed by atoms with E-state index in [1.54, 1.807) is 18.0 Å². The maximum atomic E-state index is 12.2. The van der Waals surface area contributed by atoms with E-state index < -0.39 is 0 Å². The molecule has 0 bridgehead atoms. The third kappa shape index (κ3) is 5.13. The van der Waals surface area contributed by atoms with Gasteiger partial charge in [-0.25, -0.2) is 0 Å². The standard InChI is InChI=1S/C15H26N4O2/c1-13(12-19-7-3-6-16-19)15(20)17-14-4-8-18(9-5-14)10-11-21-2/h3,6-7,13-14H,4-5,8-12H2,1-2H3,(H,17,20)/t13-/m0/s1. The van der Waals surface area contributed by atoms with Crippen LogP contribution in [0.3, 0.4) is 0 Å². The molecule has 0 saturated carbocycles. The molecule has 0 aromatic carbocycles. The van der Waals surface area contributed by atoms with Crippen molar-refractivity contribution in [3.63, 3.8) is 0 Å². The lowest BCUT2D eigenvalue weighted by molar-refractivity contribution is -0.126. The molecule has 2 rings (SSSR count). The summed E-state index contributed by atoms with van der Waals surface area (Å²) in [5, 5.41) is 7.31. The van der Waals surface area contributed by atoms with Crippen molar-refractivity contribution >= 4 is 5.91 Å². The van der Waals surface area contributed by atoms with Crippen LogP contribution in [0.1, 0.15) is 19.8 Å². The van der Waals surface area contributed by atoms with Crippen LogP contribution in [0.25, 0.3) is 0 Å². The Morgan fingerprint density at radius 3 is 2.86 bits per heavy atom. The minimum atomic E-state index is -0.0589. The molecule has 0 unspecified atom stereocenters. The number of rotatable bonds is 7. The van der Waals surface area contributed by atoms with E-state index in [9.17, 15) is 4.79 Å². The lowest BCUT2D eigenvalue weighted by atomic mass is 10.0.